The van der Waals surface area contributed by atoms with Crippen LogP contribution in [0.4, 0.5) is 4.79 Å². The number of nitrogens with one attached hydrogen (secondary N) is 1. The zero-order valence-corrected chi connectivity index (χ0v) is 14.9. The molecule has 1 aliphatic rings. The van der Waals surface area contributed by atoms with Gasteiger partial charge in [0.1, 0.15) is 12.4 Å². The Balaban J connectivity index is 1.49. The molecule has 1 atom stereocenters. The first kappa shape index (κ1) is 17.3. The van der Waals surface area contributed by atoms with Crippen LogP contribution in [-0.4, -0.2) is 31.1 Å². The van der Waals surface area contributed by atoms with Gasteiger partial charge in [-0.05, 0) is 43.4 Å². The second kappa shape index (κ2) is 8.06. The van der Waals surface area contributed by atoms with Crippen molar-refractivity contribution in [3.63, 3.8) is 0 Å². The van der Waals surface area contributed by atoms with E-state index in [4.69, 9.17) is 4.74 Å². The standard InChI is InChI=1S/C21H26N2O2/c1-16-8-12-19(13-9-16)25-15-14-23(2)21(24)22-20(18-10-11-18)17-6-4-3-5-7-17/h3-9,12-13,18,20H,10-11,14-15H2,1-2H3,(H,22,24). The van der Waals surface area contributed by atoms with Gasteiger partial charge in [0.05, 0.1) is 12.6 Å². The maximum Gasteiger partial charge on any atom is 0.317 e. The van der Waals surface area contributed by atoms with E-state index in [9.17, 15) is 4.79 Å². The lowest BCUT2D eigenvalue weighted by atomic mass is 10.0. The fraction of sp³-hybridized carbons (Fsp3) is 0.381. The summed E-state index contributed by atoms with van der Waals surface area (Å²) in [6.07, 6.45) is 2.36. The summed E-state index contributed by atoms with van der Waals surface area (Å²) in [5, 5.41) is 3.18. The summed E-state index contributed by atoms with van der Waals surface area (Å²) in [6.45, 7) is 3.07. The zero-order valence-electron chi connectivity index (χ0n) is 14.9. The van der Waals surface area contributed by atoms with Gasteiger partial charge in [-0.15, -0.1) is 0 Å². The van der Waals surface area contributed by atoms with Crippen molar-refractivity contribution in [1.29, 1.82) is 0 Å². The Morgan fingerprint density at radius 1 is 1.16 bits per heavy atom. The summed E-state index contributed by atoms with van der Waals surface area (Å²) < 4.78 is 5.71. The molecule has 4 heteroatoms. The van der Waals surface area contributed by atoms with Gasteiger partial charge in [-0.25, -0.2) is 4.79 Å². The van der Waals surface area contributed by atoms with Crippen LogP contribution in [0.3, 0.4) is 0 Å². The Hall–Kier alpha value is -2.49. The number of likely N-dealkylation sites (N-methyl/N-ethyl adjacent to an activating group) is 1. The Bertz CT molecular complexity index is 681. The molecule has 4 nitrogen and oxygen atoms in total. The van der Waals surface area contributed by atoms with Gasteiger partial charge in [0.2, 0.25) is 0 Å². The van der Waals surface area contributed by atoms with Gasteiger partial charge in [-0.1, -0.05) is 48.0 Å². The van der Waals surface area contributed by atoms with Crippen molar-refractivity contribution >= 4 is 6.03 Å². The van der Waals surface area contributed by atoms with Crippen molar-refractivity contribution in [2.45, 2.75) is 25.8 Å². The Morgan fingerprint density at radius 2 is 1.84 bits per heavy atom. The van der Waals surface area contributed by atoms with E-state index in [0.29, 0.717) is 19.1 Å². The number of rotatable bonds is 7. The molecule has 3 rings (SSSR count). The summed E-state index contributed by atoms with van der Waals surface area (Å²) in [5.41, 5.74) is 2.39. The molecule has 25 heavy (non-hydrogen) atoms. The highest BCUT2D eigenvalue weighted by atomic mass is 16.5. The fourth-order valence-corrected chi connectivity index (χ4v) is 2.84. The van der Waals surface area contributed by atoms with Gasteiger partial charge >= 0.3 is 6.03 Å². The topological polar surface area (TPSA) is 41.6 Å². The van der Waals surface area contributed by atoms with E-state index in [2.05, 4.69) is 17.4 Å². The molecule has 0 heterocycles. The molecular formula is C21H26N2O2. The molecule has 0 aliphatic heterocycles. The Labute approximate surface area is 149 Å². The molecule has 1 unspecified atom stereocenters. The highest BCUT2D eigenvalue weighted by Crippen LogP contribution is 2.40. The quantitative estimate of drug-likeness (QED) is 0.823. The van der Waals surface area contributed by atoms with Gasteiger partial charge in [-0.3, -0.25) is 0 Å². The molecule has 0 spiro atoms. The van der Waals surface area contributed by atoms with E-state index >= 15 is 0 Å². The molecule has 132 valence electrons. The molecule has 0 saturated heterocycles. The van der Waals surface area contributed by atoms with E-state index in [1.165, 1.54) is 24.0 Å². The molecule has 1 fully saturated rings. The van der Waals surface area contributed by atoms with Crippen molar-refractivity contribution in [3.05, 3.63) is 65.7 Å². The molecule has 2 amide bonds. The number of benzene rings is 2. The minimum atomic E-state index is -0.0479. The van der Waals surface area contributed by atoms with Crippen LogP contribution in [0.15, 0.2) is 54.6 Å². The first-order chi connectivity index (χ1) is 12.1. The molecular weight excluding hydrogens is 312 g/mol. The van der Waals surface area contributed by atoms with Crippen LogP contribution in [0.25, 0.3) is 0 Å². The molecule has 0 radical (unpaired) electrons. The molecule has 2 aromatic carbocycles. The number of carbonyl (C=O) groups is 1. The van der Waals surface area contributed by atoms with Crippen LogP contribution in [0, 0.1) is 12.8 Å². The number of carbonyl (C=O) groups excluding carboxylic acids is 1. The van der Waals surface area contributed by atoms with Crippen molar-refractivity contribution in [2.75, 3.05) is 20.2 Å². The number of hydrogen-bond donors (Lipinski definition) is 1. The van der Waals surface area contributed by atoms with E-state index < -0.39 is 0 Å². The summed E-state index contributed by atoms with van der Waals surface area (Å²) in [7, 11) is 1.81. The fourth-order valence-electron chi connectivity index (χ4n) is 2.84. The molecule has 1 aliphatic carbocycles. The van der Waals surface area contributed by atoms with Gasteiger partial charge < -0.3 is 15.0 Å². The predicted molar refractivity (Wildman–Crippen MR) is 99.7 cm³/mol. The maximum absolute atomic E-state index is 12.5. The van der Waals surface area contributed by atoms with Crippen LogP contribution < -0.4 is 10.1 Å². The third-order valence-corrected chi connectivity index (χ3v) is 4.59. The van der Waals surface area contributed by atoms with Crippen molar-refractivity contribution in [1.82, 2.24) is 10.2 Å². The smallest absolute Gasteiger partial charge is 0.317 e. The monoisotopic (exact) mass is 338 g/mol. The average molecular weight is 338 g/mol. The van der Waals surface area contributed by atoms with Crippen molar-refractivity contribution in [2.24, 2.45) is 5.92 Å². The van der Waals surface area contributed by atoms with Crippen LogP contribution in [0.1, 0.15) is 30.0 Å². The van der Waals surface area contributed by atoms with Crippen molar-refractivity contribution < 1.29 is 9.53 Å². The SMILES string of the molecule is Cc1ccc(OCCN(C)C(=O)NC(c2ccccc2)C2CC2)cc1. The number of nitrogens with zero attached hydrogens (tertiary/aromatic N) is 1. The Kier molecular flexibility index (Phi) is 5.59. The van der Waals surface area contributed by atoms with Crippen LogP contribution in [-0.2, 0) is 0 Å². The zero-order chi connectivity index (χ0) is 17.6. The van der Waals surface area contributed by atoms with Gasteiger partial charge in [0, 0.05) is 7.05 Å². The summed E-state index contributed by atoms with van der Waals surface area (Å²) >= 11 is 0. The molecule has 2 aromatic rings. The first-order valence-electron chi connectivity index (χ1n) is 8.89. The lowest BCUT2D eigenvalue weighted by Crippen LogP contribution is -2.41. The van der Waals surface area contributed by atoms with E-state index in [1.807, 2.05) is 56.4 Å². The number of hydrogen-bond acceptors (Lipinski definition) is 2. The van der Waals surface area contributed by atoms with E-state index in [-0.39, 0.29) is 12.1 Å². The van der Waals surface area contributed by atoms with E-state index in [0.717, 1.165) is 5.75 Å². The lowest BCUT2D eigenvalue weighted by Gasteiger charge is -2.24. The molecule has 1 N–H and O–H groups in total. The van der Waals surface area contributed by atoms with E-state index in [1.54, 1.807) is 4.90 Å². The molecule has 0 aromatic heterocycles. The maximum atomic E-state index is 12.5. The second-order valence-corrected chi connectivity index (χ2v) is 6.76. The predicted octanol–water partition coefficient (Wildman–Crippen LogP) is 4.17. The third kappa shape index (κ3) is 4.99. The number of amides is 2. The van der Waals surface area contributed by atoms with Gasteiger partial charge in [-0.2, -0.15) is 0 Å². The summed E-state index contributed by atoms with van der Waals surface area (Å²) in [6, 6.07) is 18.2. The number of ether oxygens (including phenoxy) is 1. The van der Waals surface area contributed by atoms with Crippen LogP contribution in [0.2, 0.25) is 0 Å². The number of urea groups is 1. The lowest BCUT2D eigenvalue weighted by molar-refractivity contribution is 0.190. The Morgan fingerprint density at radius 3 is 2.48 bits per heavy atom. The van der Waals surface area contributed by atoms with Gasteiger partial charge in [0.15, 0.2) is 0 Å². The number of aryl methyl sites for hydroxylation is 1. The minimum Gasteiger partial charge on any atom is -0.492 e. The highest BCUT2D eigenvalue weighted by molar-refractivity contribution is 5.74. The normalized spacial score (nSPS) is 14.6. The van der Waals surface area contributed by atoms with Crippen LogP contribution >= 0.6 is 0 Å². The summed E-state index contributed by atoms with van der Waals surface area (Å²) in [4.78, 5) is 14.2. The van der Waals surface area contributed by atoms with Gasteiger partial charge in [0.25, 0.3) is 0 Å². The largest absolute Gasteiger partial charge is 0.492 e. The first-order valence-corrected chi connectivity index (χ1v) is 8.89. The molecule has 1 saturated carbocycles. The second-order valence-electron chi connectivity index (χ2n) is 6.76. The minimum absolute atomic E-state index is 0.0479. The third-order valence-electron chi connectivity index (χ3n) is 4.59. The summed E-state index contributed by atoms with van der Waals surface area (Å²) in [5.74, 6) is 1.39. The highest BCUT2D eigenvalue weighted by Gasteiger charge is 2.33. The molecule has 0 bridgehead atoms. The van der Waals surface area contributed by atoms with Crippen molar-refractivity contribution in [3.8, 4) is 5.75 Å². The van der Waals surface area contributed by atoms with Crippen LogP contribution in [0.5, 0.6) is 5.75 Å². The average Bonchev–Trinajstić information content (AvgIpc) is 3.46.